The van der Waals surface area contributed by atoms with Crippen molar-refractivity contribution < 1.29 is 18.4 Å². The fourth-order valence-electron chi connectivity index (χ4n) is 3.35. The van der Waals surface area contributed by atoms with Crippen molar-refractivity contribution >= 4 is 23.2 Å². The highest BCUT2D eigenvalue weighted by atomic mass is 19.1. The summed E-state index contributed by atoms with van der Waals surface area (Å²) in [6.45, 7) is 0. The van der Waals surface area contributed by atoms with E-state index in [9.17, 15) is 18.4 Å². The summed E-state index contributed by atoms with van der Waals surface area (Å²) < 4.78 is 26.6. The molecule has 144 valence electrons. The third kappa shape index (κ3) is 4.71. The van der Waals surface area contributed by atoms with Crippen LogP contribution in [0.25, 0.3) is 0 Å². The topological polar surface area (TPSA) is 82.0 Å². The minimum Gasteiger partial charge on any atom is -0.326 e. The summed E-state index contributed by atoms with van der Waals surface area (Å²) in [6, 6.07) is 11.7. The minimum atomic E-state index is -0.819. The first-order chi connectivity index (χ1) is 13.5. The molecular weight excluding hydrogens is 364 g/mol. The van der Waals surface area contributed by atoms with Gasteiger partial charge in [0, 0.05) is 23.6 Å². The molecule has 0 aromatic heterocycles. The highest BCUT2D eigenvalue weighted by Gasteiger charge is 2.30. The summed E-state index contributed by atoms with van der Waals surface area (Å²) >= 11 is 0. The first-order valence-electron chi connectivity index (χ1n) is 9.03. The highest BCUT2D eigenvalue weighted by molar-refractivity contribution is 5.94. The van der Waals surface area contributed by atoms with Crippen molar-refractivity contribution in [3.63, 3.8) is 0 Å². The Morgan fingerprint density at radius 3 is 2.18 bits per heavy atom. The second-order valence-electron chi connectivity index (χ2n) is 6.84. The molecule has 0 unspecified atom stereocenters. The standard InChI is InChI=1S/C21H19F2N3O2/c22-16-8-9-19(18(23)11-16)26-21(28)15-6-4-14(5-7-15)20(27)25-17-3-1-2-13(10-17)12-24/h1-3,8-11,14-15H,4-7H2,(H,25,27)(H,26,28). The van der Waals surface area contributed by atoms with E-state index >= 15 is 0 Å². The quantitative estimate of drug-likeness (QED) is 0.829. The fourth-order valence-corrected chi connectivity index (χ4v) is 3.35. The fraction of sp³-hybridized carbons (Fsp3) is 0.286. The zero-order chi connectivity index (χ0) is 20.1. The monoisotopic (exact) mass is 383 g/mol. The summed E-state index contributed by atoms with van der Waals surface area (Å²) in [6.07, 6.45) is 2.08. The van der Waals surface area contributed by atoms with Crippen LogP contribution in [0.5, 0.6) is 0 Å². The van der Waals surface area contributed by atoms with Crippen molar-refractivity contribution in [2.45, 2.75) is 25.7 Å². The SMILES string of the molecule is N#Cc1cccc(NC(=O)C2CCC(C(=O)Nc3ccc(F)cc3F)CC2)c1. The van der Waals surface area contributed by atoms with Gasteiger partial charge in [-0.1, -0.05) is 6.07 Å². The van der Waals surface area contributed by atoms with Crippen molar-refractivity contribution in [2.75, 3.05) is 10.6 Å². The maximum Gasteiger partial charge on any atom is 0.227 e. The molecule has 2 amide bonds. The highest BCUT2D eigenvalue weighted by Crippen LogP contribution is 2.31. The van der Waals surface area contributed by atoms with Gasteiger partial charge in [-0.2, -0.15) is 5.26 Å². The van der Waals surface area contributed by atoms with Crippen LogP contribution in [-0.2, 0) is 9.59 Å². The van der Waals surface area contributed by atoms with Crippen LogP contribution in [0.1, 0.15) is 31.2 Å². The first-order valence-corrected chi connectivity index (χ1v) is 9.03. The lowest BCUT2D eigenvalue weighted by molar-refractivity contribution is -0.125. The van der Waals surface area contributed by atoms with Crippen LogP contribution in [0.2, 0.25) is 0 Å². The average molecular weight is 383 g/mol. The molecule has 2 N–H and O–H groups in total. The van der Waals surface area contributed by atoms with Crippen LogP contribution >= 0.6 is 0 Å². The van der Waals surface area contributed by atoms with Crippen molar-refractivity contribution in [3.05, 3.63) is 59.7 Å². The molecule has 1 aliphatic rings. The van der Waals surface area contributed by atoms with E-state index in [4.69, 9.17) is 5.26 Å². The summed E-state index contributed by atoms with van der Waals surface area (Å²) in [5.41, 5.74) is 0.977. The number of amides is 2. The van der Waals surface area contributed by atoms with Crippen molar-refractivity contribution in [1.82, 2.24) is 0 Å². The molecule has 3 rings (SSSR count). The zero-order valence-corrected chi connectivity index (χ0v) is 15.0. The third-order valence-electron chi connectivity index (χ3n) is 4.92. The molecule has 2 aromatic carbocycles. The molecule has 7 heteroatoms. The van der Waals surface area contributed by atoms with E-state index in [0.29, 0.717) is 36.9 Å². The van der Waals surface area contributed by atoms with E-state index in [0.717, 1.165) is 12.1 Å². The molecule has 0 spiro atoms. The molecule has 0 atom stereocenters. The predicted molar refractivity (Wildman–Crippen MR) is 100 cm³/mol. The lowest BCUT2D eigenvalue weighted by Gasteiger charge is -2.27. The normalized spacial score (nSPS) is 18.8. The van der Waals surface area contributed by atoms with Crippen molar-refractivity contribution in [2.24, 2.45) is 11.8 Å². The molecule has 28 heavy (non-hydrogen) atoms. The van der Waals surface area contributed by atoms with Gasteiger partial charge in [-0.25, -0.2) is 8.78 Å². The van der Waals surface area contributed by atoms with E-state index in [1.54, 1.807) is 24.3 Å². The molecule has 0 heterocycles. The smallest absolute Gasteiger partial charge is 0.227 e. The first kappa shape index (κ1) is 19.5. The van der Waals surface area contributed by atoms with E-state index in [-0.39, 0.29) is 29.3 Å². The Morgan fingerprint density at radius 1 is 0.929 bits per heavy atom. The number of rotatable bonds is 4. The molecular formula is C21H19F2N3O2. The lowest BCUT2D eigenvalue weighted by atomic mass is 9.81. The number of anilines is 2. The average Bonchev–Trinajstić information content (AvgIpc) is 2.70. The number of carbonyl (C=O) groups is 2. The molecule has 0 aliphatic heterocycles. The number of halogens is 2. The Morgan fingerprint density at radius 2 is 1.57 bits per heavy atom. The second-order valence-corrected chi connectivity index (χ2v) is 6.84. The van der Waals surface area contributed by atoms with Crippen molar-refractivity contribution in [3.8, 4) is 6.07 Å². The Balaban J connectivity index is 1.52. The van der Waals surface area contributed by atoms with Crippen molar-refractivity contribution in [1.29, 1.82) is 5.26 Å². The number of nitrogens with zero attached hydrogens (tertiary/aromatic N) is 1. The van der Waals surface area contributed by atoms with Gasteiger partial charge in [-0.15, -0.1) is 0 Å². The van der Waals surface area contributed by atoms with Gasteiger partial charge in [0.05, 0.1) is 17.3 Å². The van der Waals surface area contributed by atoms with Crippen LogP contribution in [0, 0.1) is 34.8 Å². The van der Waals surface area contributed by atoms with Crippen LogP contribution in [0.15, 0.2) is 42.5 Å². The zero-order valence-electron chi connectivity index (χ0n) is 15.0. The molecule has 1 fully saturated rings. The summed E-state index contributed by atoms with van der Waals surface area (Å²) in [5.74, 6) is -2.54. The van der Waals surface area contributed by atoms with Gasteiger partial charge in [0.15, 0.2) is 0 Å². The predicted octanol–water partition coefficient (Wildman–Crippen LogP) is 4.22. The minimum absolute atomic E-state index is 0.0522. The van der Waals surface area contributed by atoms with Crippen LogP contribution in [0.4, 0.5) is 20.2 Å². The molecule has 1 saturated carbocycles. The van der Waals surface area contributed by atoms with E-state index < -0.39 is 11.6 Å². The van der Waals surface area contributed by atoms with Gasteiger partial charge in [0.2, 0.25) is 11.8 Å². The number of nitrogens with one attached hydrogen (secondary N) is 2. The number of hydrogen-bond acceptors (Lipinski definition) is 3. The van der Waals surface area contributed by atoms with E-state index in [2.05, 4.69) is 10.6 Å². The number of benzene rings is 2. The Bertz CT molecular complexity index is 931. The maximum absolute atomic E-state index is 13.7. The van der Waals surface area contributed by atoms with E-state index in [1.165, 1.54) is 6.07 Å². The number of hydrogen-bond donors (Lipinski definition) is 2. The Labute approximate surface area is 161 Å². The van der Waals surface area contributed by atoms with Crippen LogP contribution in [0.3, 0.4) is 0 Å². The maximum atomic E-state index is 13.7. The lowest BCUT2D eigenvalue weighted by Crippen LogP contribution is -2.32. The summed E-state index contributed by atoms with van der Waals surface area (Å²) in [5, 5.41) is 14.2. The second kappa shape index (κ2) is 8.61. The van der Waals surface area contributed by atoms with Gasteiger partial charge in [0.1, 0.15) is 11.6 Å². The van der Waals surface area contributed by atoms with Crippen LogP contribution in [-0.4, -0.2) is 11.8 Å². The Kier molecular flexibility index (Phi) is 5.99. The molecule has 2 aromatic rings. The van der Waals surface area contributed by atoms with Crippen LogP contribution < -0.4 is 10.6 Å². The number of carbonyl (C=O) groups excluding carboxylic acids is 2. The third-order valence-corrected chi connectivity index (χ3v) is 4.92. The Hall–Kier alpha value is -3.27. The largest absolute Gasteiger partial charge is 0.326 e. The molecule has 1 aliphatic carbocycles. The summed E-state index contributed by atoms with van der Waals surface area (Å²) in [4.78, 5) is 24.8. The summed E-state index contributed by atoms with van der Waals surface area (Å²) in [7, 11) is 0. The number of nitriles is 1. The van der Waals surface area contributed by atoms with Gasteiger partial charge in [-0.05, 0) is 56.0 Å². The van der Waals surface area contributed by atoms with E-state index in [1.807, 2.05) is 6.07 Å². The molecule has 0 saturated heterocycles. The van der Waals surface area contributed by atoms with Gasteiger partial charge >= 0.3 is 0 Å². The van der Waals surface area contributed by atoms with Gasteiger partial charge in [-0.3, -0.25) is 9.59 Å². The van der Waals surface area contributed by atoms with Gasteiger partial charge < -0.3 is 10.6 Å². The van der Waals surface area contributed by atoms with Gasteiger partial charge in [0.25, 0.3) is 0 Å². The molecule has 0 radical (unpaired) electrons. The molecule has 5 nitrogen and oxygen atoms in total. The molecule has 0 bridgehead atoms.